The minimum absolute atomic E-state index is 0.466. The molecule has 0 amide bonds. The van der Waals surface area contributed by atoms with Gasteiger partial charge in [0.05, 0.1) is 6.10 Å². The monoisotopic (exact) mass is 229 g/mol. The molecule has 2 fully saturated rings. The van der Waals surface area contributed by atoms with Crippen LogP contribution in [0.4, 0.5) is 0 Å². The first kappa shape index (κ1) is 11.7. The van der Waals surface area contributed by atoms with Gasteiger partial charge in [0.25, 0.3) is 0 Å². The van der Waals surface area contributed by atoms with E-state index in [0.29, 0.717) is 12.1 Å². The minimum atomic E-state index is 0.466. The molecule has 2 nitrogen and oxygen atoms in total. The molecule has 0 bridgehead atoms. The molecular formula is C12H23NOS. The van der Waals surface area contributed by atoms with Crippen LogP contribution < -0.4 is 5.32 Å². The van der Waals surface area contributed by atoms with Gasteiger partial charge < -0.3 is 10.1 Å². The predicted octanol–water partition coefficient (Wildman–Crippen LogP) is 2.43. The second kappa shape index (κ2) is 6.12. The SMILES string of the molecule is COC1CCCCC1NC1CCSCC1. The van der Waals surface area contributed by atoms with Gasteiger partial charge in [0.15, 0.2) is 0 Å². The molecule has 0 spiro atoms. The van der Waals surface area contributed by atoms with Crippen molar-refractivity contribution in [1.29, 1.82) is 0 Å². The highest BCUT2D eigenvalue weighted by molar-refractivity contribution is 7.99. The molecule has 2 rings (SSSR count). The van der Waals surface area contributed by atoms with Crippen LogP contribution in [0.5, 0.6) is 0 Å². The molecule has 1 aliphatic heterocycles. The van der Waals surface area contributed by atoms with Crippen LogP contribution in [0, 0.1) is 0 Å². The highest BCUT2D eigenvalue weighted by Crippen LogP contribution is 2.24. The van der Waals surface area contributed by atoms with Crippen molar-refractivity contribution in [3.05, 3.63) is 0 Å². The molecule has 1 heterocycles. The first-order chi connectivity index (χ1) is 7.40. The van der Waals surface area contributed by atoms with Gasteiger partial charge in [-0.25, -0.2) is 0 Å². The fourth-order valence-electron chi connectivity index (χ4n) is 2.74. The summed E-state index contributed by atoms with van der Waals surface area (Å²) in [5.41, 5.74) is 0. The number of hydrogen-bond donors (Lipinski definition) is 1. The summed E-state index contributed by atoms with van der Waals surface area (Å²) in [7, 11) is 1.86. The molecule has 3 heteroatoms. The van der Waals surface area contributed by atoms with Gasteiger partial charge in [0.1, 0.15) is 0 Å². The van der Waals surface area contributed by atoms with E-state index in [2.05, 4.69) is 17.1 Å². The van der Waals surface area contributed by atoms with Crippen molar-refractivity contribution in [2.75, 3.05) is 18.6 Å². The Labute approximate surface area is 97.5 Å². The second-order valence-corrected chi connectivity index (χ2v) is 5.94. The normalized spacial score (nSPS) is 34.2. The van der Waals surface area contributed by atoms with Gasteiger partial charge in [-0.05, 0) is 37.2 Å². The fourth-order valence-corrected chi connectivity index (χ4v) is 3.84. The molecule has 88 valence electrons. The lowest BCUT2D eigenvalue weighted by Crippen LogP contribution is -2.48. The van der Waals surface area contributed by atoms with E-state index in [1.165, 1.54) is 50.0 Å². The average molecular weight is 229 g/mol. The van der Waals surface area contributed by atoms with Crippen molar-refractivity contribution >= 4 is 11.8 Å². The molecule has 0 radical (unpaired) electrons. The third kappa shape index (κ3) is 3.36. The van der Waals surface area contributed by atoms with E-state index in [4.69, 9.17) is 4.74 Å². The van der Waals surface area contributed by atoms with E-state index in [0.717, 1.165) is 6.04 Å². The summed E-state index contributed by atoms with van der Waals surface area (Å²) >= 11 is 2.10. The summed E-state index contributed by atoms with van der Waals surface area (Å²) in [5, 5.41) is 3.82. The van der Waals surface area contributed by atoms with Gasteiger partial charge in [0.2, 0.25) is 0 Å². The van der Waals surface area contributed by atoms with E-state index in [1.807, 2.05) is 7.11 Å². The number of nitrogens with one attached hydrogen (secondary N) is 1. The summed E-state index contributed by atoms with van der Waals surface area (Å²) in [6.45, 7) is 0. The fraction of sp³-hybridized carbons (Fsp3) is 1.00. The summed E-state index contributed by atoms with van der Waals surface area (Å²) in [6.07, 6.45) is 8.43. The van der Waals surface area contributed by atoms with Crippen molar-refractivity contribution in [3.63, 3.8) is 0 Å². The molecule has 1 N–H and O–H groups in total. The molecule has 0 aromatic carbocycles. The van der Waals surface area contributed by atoms with Crippen LogP contribution in [-0.4, -0.2) is 36.8 Å². The smallest absolute Gasteiger partial charge is 0.0724 e. The maximum Gasteiger partial charge on any atom is 0.0724 e. The van der Waals surface area contributed by atoms with Crippen LogP contribution >= 0.6 is 11.8 Å². The maximum absolute atomic E-state index is 5.58. The van der Waals surface area contributed by atoms with E-state index in [-0.39, 0.29) is 0 Å². The minimum Gasteiger partial charge on any atom is -0.380 e. The van der Waals surface area contributed by atoms with Gasteiger partial charge in [-0.1, -0.05) is 12.8 Å². The Balaban J connectivity index is 1.79. The second-order valence-electron chi connectivity index (χ2n) is 4.72. The van der Waals surface area contributed by atoms with E-state index >= 15 is 0 Å². The molecule has 2 atom stereocenters. The van der Waals surface area contributed by atoms with Gasteiger partial charge >= 0.3 is 0 Å². The van der Waals surface area contributed by atoms with Crippen LogP contribution in [0.1, 0.15) is 38.5 Å². The van der Waals surface area contributed by atoms with Crippen molar-refractivity contribution < 1.29 is 4.74 Å². The van der Waals surface area contributed by atoms with Crippen LogP contribution in [-0.2, 0) is 4.74 Å². The largest absolute Gasteiger partial charge is 0.380 e. The van der Waals surface area contributed by atoms with E-state index < -0.39 is 0 Å². The molecule has 0 aromatic rings. The molecule has 0 aromatic heterocycles. The molecule has 2 aliphatic rings. The first-order valence-electron chi connectivity index (χ1n) is 6.26. The van der Waals surface area contributed by atoms with Crippen molar-refractivity contribution in [2.45, 2.75) is 56.7 Å². The van der Waals surface area contributed by atoms with Gasteiger partial charge in [-0.2, -0.15) is 11.8 Å². The van der Waals surface area contributed by atoms with Crippen molar-refractivity contribution in [3.8, 4) is 0 Å². The highest BCUT2D eigenvalue weighted by atomic mass is 32.2. The average Bonchev–Trinajstić information content (AvgIpc) is 2.31. The molecule has 1 saturated carbocycles. The lowest BCUT2D eigenvalue weighted by atomic mass is 9.91. The Hall–Kier alpha value is 0.270. The number of rotatable bonds is 3. The zero-order valence-corrected chi connectivity index (χ0v) is 10.5. The lowest BCUT2D eigenvalue weighted by molar-refractivity contribution is 0.0373. The number of methoxy groups -OCH3 is 1. The molecule has 15 heavy (non-hydrogen) atoms. The van der Waals surface area contributed by atoms with Gasteiger partial charge in [-0.3, -0.25) is 0 Å². The highest BCUT2D eigenvalue weighted by Gasteiger charge is 2.27. The van der Waals surface area contributed by atoms with Crippen molar-refractivity contribution in [2.24, 2.45) is 0 Å². The number of hydrogen-bond acceptors (Lipinski definition) is 3. The molecule has 2 unspecified atom stereocenters. The predicted molar refractivity (Wildman–Crippen MR) is 66.5 cm³/mol. The molecular weight excluding hydrogens is 206 g/mol. The third-order valence-corrected chi connectivity index (χ3v) is 4.73. The molecule has 1 aliphatic carbocycles. The van der Waals surface area contributed by atoms with Gasteiger partial charge in [-0.15, -0.1) is 0 Å². The Morgan fingerprint density at radius 1 is 1.07 bits per heavy atom. The Morgan fingerprint density at radius 2 is 1.80 bits per heavy atom. The first-order valence-corrected chi connectivity index (χ1v) is 7.42. The third-order valence-electron chi connectivity index (χ3n) is 3.68. The standard InChI is InChI=1S/C12H23NOS/c1-14-12-5-3-2-4-11(12)13-10-6-8-15-9-7-10/h10-13H,2-9H2,1H3. The number of thioether (sulfide) groups is 1. The van der Waals surface area contributed by atoms with E-state index in [9.17, 15) is 0 Å². The summed E-state index contributed by atoms with van der Waals surface area (Å²) in [5.74, 6) is 2.67. The lowest BCUT2D eigenvalue weighted by Gasteiger charge is -2.35. The Kier molecular flexibility index (Phi) is 4.79. The maximum atomic E-state index is 5.58. The topological polar surface area (TPSA) is 21.3 Å². The Bertz CT molecular complexity index is 182. The van der Waals surface area contributed by atoms with Crippen molar-refractivity contribution in [1.82, 2.24) is 5.32 Å². The summed E-state index contributed by atoms with van der Waals surface area (Å²) < 4.78 is 5.58. The molecule has 1 saturated heterocycles. The van der Waals surface area contributed by atoms with E-state index in [1.54, 1.807) is 0 Å². The van der Waals surface area contributed by atoms with Crippen LogP contribution in [0.2, 0.25) is 0 Å². The summed E-state index contributed by atoms with van der Waals surface area (Å²) in [4.78, 5) is 0. The van der Waals surface area contributed by atoms with Crippen LogP contribution in [0.3, 0.4) is 0 Å². The summed E-state index contributed by atoms with van der Waals surface area (Å²) in [6, 6.07) is 1.38. The zero-order chi connectivity index (χ0) is 10.5. The quantitative estimate of drug-likeness (QED) is 0.803. The number of ether oxygens (including phenoxy) is 1. The zero-order valence-electron chi connectivity index (χ0n) is 9.71. The van der Waals surface area contributed by atoms with Gasteiger partial charge in [0, 0.05) is 19.2 Å². The van der Waals surface area contributed by atoms with Crippen LogP contribution in [0.25, 0.3) is 0 Å². The van der Waals surface area contributed by atoms with Crippen LogP contribution in [0.15, 0.2) is 0 Å². The Morgan fingerprint density at radius 3 is 2.53 bits per heavy atom.